The molecule has 0 atom stereocenters. The first-order chi connectivity index (χ1) is 9.10. The molecule has 0 radical (unpaired) electrons. The zero-order valence-electron chi connectivity index (χ0n) is 10.6. The number of nitrogens with zero attached hydrogens (tertiary/aromatic N) is 2. The number of nitriles is 1. The maximum Gasteiger partial charge on any atom is 0.214 e. The molecule has 0 unspecified atom stereocenters. The molecule has 0 aromatic carbocycles. The fourth-order valence-corrected chi connectivity index (χ4v) is 3.29. The highest BCUT2D eigenvalue weighted by Crippen LogP contribution is 2.12. The molecular weight excluding hydrogens is 288 g/mol. The molecule has 1 rings (SSSR count). The number of furan rings is 1. The second-order valence-electron chi connectivity index (χ2n) is 4.03. The fourth-order valence-electron chi connectivity index (χ4n) is 1.58. The van der Waals surface area contributed by atoms with Gasteiger partial charge in [0.15, 0.2) is 0 Å². The minimum absolute atomic E-state index is 0.0475. The van der Waals surface area contributed by atoms with E-state index in [1.807, 2.05) is 6.07 Å². The summed E-state index contributed by atoms with van der Waals surface area (Å²) < 4.78 is 30.8. The molecule has 0 spiro atoms. The van der Waals surface area contributed by atoms with Gasteiger partial charge in [0, 0.05) is 18.8 Å². The van der Waals surface area contributed by atoms with Crippen molar-refractivity contribution in [2.75, 3.05) is 18.2 Å². The number of sulfonamides is 1. The molecule has 5 nitrogen and oxygen atoms in total. The molecule has 106 valence electrons. The maximum absolute atomic E-state index is 12.2. The number of alkyl halides is 1. The van der Waals surface area contributed by atoms with E-state index in [-0.39, 0.29) is 25.3 Å². The first-order valence-electron chi connectivity index (χ1n) is 6.03. The van der Waals surface area contributed by atoms with Crippen LogP contribution in [0.2, 0.25) is 0 Å². The van der Waals surface area contributed by atoms with E-state index in [2.05, 4.69) is 0 Å². The molecule has 0 N–H and O–H groups in total. The van der Waals surface area contributed by atoms with E-state index < -0.39 is 10.0 Å². The third-order valence-corrected chi connectivity index (χ3v) is 4.73. The van der Waals surface area contributed by atoms with Crippen LogP contribution in [0.25, 0.3) is 0 Å². The van der Waals surface area contributed by atoms with Crippen molar-refractivity contribution in [3.05, 3.63) is 24.2 Å². The van der Waals surface area contributed by atoms with Gasteiger partial charge in [0.2, 0.25) is 10.0 Å². The molecule has 0 bridgehead atoms. The molecule has 1 aromatic heterocycles. The van der Waals surface area contributed by atoms with Crippen LogP contribution in [0.3, 0.4) is 0 Å². The average Bonchev–Trinajstić information content (AvgIpc) is 2.87. The molecule has 0 fully saturated rings. The lowest BCUT2D eigenvalue weighted by Gasteiger charge is -2.19. The van der Waals surface area contributed by atoms with Crippen molar-refractivity contribution in [3.63, 3.8) is 0 Å². The number of unbranched alkanes of at least 4 members (excludes halogenated alkanes) is 1. The lowest BCUT2D eigenvalue weighted by molar-refractivity contribution is 0.368. The Hall–Kier alpha value is -1.03. The Kier molecular flexibility index (Phi) is 6.92. The van der Waals surface area contributed by atoms with Gasteiger partial charge >= 0.3 is 0 Å². The summed E-state index contributed by atoms with van der Waals surface area (Å²) in [5.74, 6) is 1.07. The Bertz CT molecular complexity index is 494. The third kappa shape index (κ3) is 5.64. The molecule has 0 amide bonds. The Morgan fingerprint density at radius 2 is 2.21 bits per heavy atom. The SMILES string of the molecule is N#CCCN(Cc1ccco1)S(=O)(=O)CCCCCl. The fraction of sp³-hybridized carbons (Fsp3) is 0.583. The molecule has 0 aliphatic heterocycles. The van der Waals surface area contributed by atoms with E-state index in [1.165, 1.54) is 10.6 Å². The monoisotopic (exact) mass is 304 g/mol. The molecule has 0 saturated carbocycles. The molecule has 19 heavy (non-hydrogen) atoms. The quantitative estimate of drug-likeness (QED) is 0.518. The van der Waals surface area contributed by atoms with Crippen LogP contribution in [-0.2, 0) is 16.6 Å². The minimum atomic E-state index is -3.38. The molecule has 1 aromatic rings. The number of hydrogen-bond acceptors (Lipinski definition) is 4. The van der Waals surface area contributed by atoms with Gasteiger partial charge in [-0.2, -0.15) is 9.57 Å². The first-order valence-corrected chi connectivity index (χ1v) is 8.17. The minimum Gasteiger partial charge on any atom is -0.468 e. The Balaban J connectivity index is 2.69. The lowest BCUT2D eigenvalue weighted by Crippen LogP contribution is -2.33. The first kappa shape index (κ1) is 16.0. The summed E-state index contributed by atoms with van der Waals surface area (Å²) in [5.41, 5.74) is 0. The van der Waals surface area contributed by atoms with Crippen LogP contribution in [0, 0.1) is 11.3 Å². The van der Waals surface area contributed by atoms with Gasteiger partial charge < -0.3 is 4.42 Å². The molecule has 0 saturated heterocycles. The van der Waals surface area contributed by atoms with Crippen molar-refractivity contribution in [1.82, 2.24) is 4.31 Å². The Morgan fingerprint density at radius 1 is 1.42 bits per heavy atom. The largest absolute Gasteiger partial charge is 0.468 e. The summed E-state index contributed by atoms with van der Waals surface area (Å²) in [7, 11) is -3.38. The van der Waals surface area contributed by atoms with Crippen molar-refractivity contribution in [3.8, 4) is 6.07 Å². The van der Waals surface area contributed by atoms with Gasteiger partial charge in [-0.3, -0.25) is 0 Å². The van der Waals surface area contributed by atoms with Crippen LogP contribution < -0.4 is 0 Å². The van der Waals surface area contributed by atoms with E-state index in [0.29, 0.717) is 24.5 Å². The van der Waals surface area contributed by atoms with Gasteiger partial charge in [-0.05, 0) is 25.0 Å². The van der Waals surface area contributed by atoms with E-state index in [0.717, 1.165) is 0 Å². The highest BCUT2D eigenvalue weighted by Gasteiger charge is 2.22. The standard InChI is InChI=1S/C12H17ClN2O3S/c13-6-1-2-10-19(16,17)15(8-4-7-14)11-12-5-3-9-18-12/h3,5,9H,1-2,4,6,8,10-11H2. The van der Waals surface area contributed by atoms with Crippen LogP contribution >= 0.6 is 11.6 Å². The number of halogens is 1. The van der Waals surface area contributed by atoms with Crippen molar-refractivity contribution in [1.29, 1.82) is 5.26 Å². The van der Waals surface area contributed by atoms with Crippen LogP contribution in [0.4, 0.5) is 0 Å². The summed E-state index contributed by atoms with van der Waals surface area (Å²) in [5, 5.41) is 8.61. The van der Waals surface area contributed by atoms with Crippen molar-refractivity contribution in [2.45, 2.75) is 25.8 Å². The van der Waals surface area contributed by atoms with Crippen molar-refractivity contribution in [2.24, 2.45) is 0 Å². The van der Waals surface area contributed by atoms with Crippen LogP contribution in [0.1, 0.15) is 25.0 Å². The van der Waals surface area contributed by atoms with E-state index in [4.69, 9.17) is 21.3 Å². The zero-order valence-corrected chi connectivity index (χ0v) is 12.2. The summed E-state index contributed by atoms with van der Waals surface area (Å²) in [6, 6.07) is 5.38. The van der Waals surface area contributed by atoms with Gasteiger partial charge in [-0.25, -0.2) is 8.42 Å². The van der Waals surface area contributed by atoms with Crippen molar-refractivity contribution >= 4 is 21.6 Å². The highest BCUT2D eigenvalue weighted by atomic mass is 35.5. The molecule has 7 heteroatoms. The topological polar surface area (TPSA) is 74.3 Å². The molecule has 0 aliphatic carbocycles. The summed E-state index contributed by atoms with van der Waals surface area (Å²) in [6.45, 7) is 0.346. The Labute approximate surface area is 118 Å². The van der Waals surface area contributed by atoms with Gasteiger partial charge in [0.1, 0.15) is 5.76 Å². The van der Waals surface area contributed by atoms with Gasteiger partial charge in [0.25, 0.3) is 0 Å². The van der Waals surface area contributed by atoms with Crippen LogP contribution in [0.15, 0.2) is 22.8 Å². The van der Waals surface area contributed by atoms with Crippen LogP contribution in [-0.4, -0.2) is 30.9 Å². The van der Waals surface area contributed by atoms with E-state index >= 15 is 0 Å². The zero-order chi connectivity index (χ0) is 14.1. The predicted octanol–water partition coefficient (Wildman–Crippen LogP) is 2.34. The lowest BCUT2D eigenvalue weighted by atomic mass is 10.4. The molecule has 0 aliphatic rings. The van der Waals surface area contributed by atoms with Crippen molar-refractivity contribution < 1.29 is 12.8 Å². The van der Waals surface area contributed by atoms with E-state index in [9.17, 15) is 8.42 Å². The van der Waals surface area contributed by atoms with Gasteiger partial charge in [0.05, 0.1) is 24.6 Å². The van der Waals surface area contributed by atoms with E-state index in [1.54, 1.807) is 12.1 Å². The summed E-state index contributed by atoms with van der Waals surface area (Å²) >= 11 is 5.54. The third-order valence-electron chi connectivity index (χ3n) is 2.56. The summed E-state index contributed by atoms with van der Waals surface area (Å²) in [4.78, 5) is 0. The molecular formula is C12H17ClN2O3S. The predicted molar refractivity (Wildman–Crippen MR) is 73.1 cm³/mol. The highest BCUT2D eigenvalue weighted by molar-refractivity contribution is 7.89. The van der Waals surface area contributed by atoms with Gasteiger partial charge in [-0.1, -0.05) is 0 Å². The second kappa shape index (κ2) is 8.20. The van der Waals surface area contributed by atoms with Gasteiger partial charge in [-0.15, -0.1) is 11.6 Å². The Morgan fingerprint density at radius 3 is 2.79 bits per heavy atom. The normalized spacial score (nSPS) is 11.6. The number of rotatable bonds is 9. The number of hydrogen-bond donors (Lipinski definition) is 0. The molecule has 1 heterocycles. The smallest absolute Gasteiger partial charge is 0.214 e. The van der Waals surface area contributed by atoms with Crippen LogP contribution in [0.5, 0.6) is 0 Å². The second-order valence-corrected chi connectivity index (χ2v) is 6.50. The average molecular weight is 305 g/mol. The maximum atomic E-state index is 12.2. The summed E-state index contributed by atoms with van der Waals surface area (Å²) in [6.07, 6.45) is 2.84.